The number of nitrogens with one attached hydrogen (secondary N) is 2. The number of aromatic nitrogens is 4. The van der Waals surface area contributed by atoms with Crippen molar-refractivity contribution in [1.29, 1.82) is 0 Å². The number of anilines is 2. The first-order valence-electron chi connectivity index (χ1n) is 10.7. The monoisotopic (exact) mass is 402 g/mol. The van der Waals surface area contributed by atoms with Crippen LogP contribution in [0.25, 0.3) is 21.8 Å². The fraction of sp³-hybridized carbons (Fsp3) is 0.391. The maximum atomic E-state index is 15.4. The van der Waals surface area contributed by atoms with E-state index >= 15 is 4.39 Å². The van der Waals surface area contributed by atoms with Crippen molar-refractivity contribution in [2.45, 2.75) is 31.2 Å². The summed E-state index contributed by atoms with van der Waals surface area (Å²) in [4.78, 5) is 0. The first-order valence-corrected chi connectivity index (χ1v) is 10.7. The first-order chi connectivity index (χ1) is 14.6. The van der Waals surface area contributed by atoms with E-state index in [1.165, 1.54) is 30.2 Å². The average molecular weight is 402 g/mol. The summed E-state index contributed by atoms with van der Waals surface area (Å²) in [5.74, 6) is 2.37. The molecule has 2 aromatic heterocycles. The Hall–Kier alpha value is -3.09. The Bertz CT molecular complexity index is 1340. The van der Waals surface area contributed by atoms with Crippen LogP contribution in [0.15, 0.2) is 30.5 Å². The van der Waals surface area contributed by atoms with Gasteiger partial charge < -0.3 is 11.1 Å². The van der Waals surface area contributed by atoms with E-state index in [9.17, 15) is 0 Å². The molecule has 1 aliphatic heterocycles. The van der Waals surface area contributed by atoms with Gasteiger partial charge in [0, 0.05) is 35.1 Å². The summed E-state index contributed by atoms with van der Waals surface area (Å²) in [6.45, 7) is 0. The number of nitrogens with two attached hydrogens (primary N) is 1. The minimum Gasteiger partial charge on any atom is -0.382 e. The molecular weight excluding hydrogens is 379 g/mol. The number of halogens is 1. The molecule has 2 aromatic carbocycles. The Morgan fingerprint density at radius 2 is 2.03 bits per heavy atom. The maximum Gasteiger partial charge on any atom is 0.153 e. The van der Waals surface area contributed by atoms with E-state index in [0.29, 0.717) is 35.1 Å². The molecule has 6 nitrogen and oxygen atoms in total. The smallest absolute Gasteiger partial charge is 0.153 e. The molecule has 4 N–H and O–H groups in total. The second-order valence-electron chi connectivity index (χ2n) is 9.32. The summed E-state index contributed by atoms with van der Waals surface area (Å²) in [6.07, 6.45) is 5.69. The fourth-order valence-corrected chi connectivity index (χ4v) is 6.88. The number of hydrogen-bond donors (Lipinski definition) is 3. The highest BCUT2D eigenvalue weighted by atomic mass is 19.1. The number of fused-ring (bicyclic) bond motifs is 10. The normalized spacial score (nSPS) is 29.3. The van der Waals surface area contributed by atoms with Gasteiger partial charge in [0.2, 0.25) is 0 Å². The molecule has 0 saturated heterocycles. The molecular formula is C23H23FN6. The highest BCUT2D eigenvalue weighted by Crippen LogP contribution is 2.64. The van der Waals surface area contributed by atoms with Crippen molar-refractivity contribution < 1.29 is 4.39 Å². The van der Waals surface area contributed by atoms with E-state index in [-0.39, 0.29) is 11.9 Å². The second-order valence-corrected chi connectivity index (χ2v) is 9.32. The number of benzene rings is 2. The predicted octanol–water partition coefficient (Wildman–Crippen LogP) is 4.47. The number of H-pyrrole nitrogens is 1. The van der Waals surface area contributed by atoms with Crippen molar-refractivity contribution in [2.24, 2.45) is 24.8 Å². The Labute approximate surface area is 172 Å². The number of hydrogen-bond acceptors (Lipinski definition) is 4. The first kappa shape index (κ1) is 16.7. The topological polar surface area (TPSA) is 84.5 Å². The van der Waals surface area contributed by atoms with Crippen LogP contribution >= 0.6 is 0 Å². The summed E-state index contributed by atoms with van der Waals surface area (Å²) in [7, 11) is 1.80. The Kier molecular flexibility index (Phi) is 3.08. The Balaban J connectivity index is 1.45. The summed E-state index contributed by atoms with van der Waals surface area (Å²) in [5.41, 5.74) is 11.1. The van der Waals surface area contributed by atoms with Gasteiger partial charge in [-0.1, -0.05) is 0 Å². The lowest BCUT2D eigenvalue weighted by atomic mass is 9.67. The molecule has 0 radical (unpaired) electrons. The number of aryl methyl sites for hydroxylation is 1. The third kappa shape index (κ3) is 1.98. The van der Waals surface area contributed by atoms with Gasteiger partial charge in [0.15, 0.2) is 5.82 Å². The van der Waals surface area contributed by atoms with Gasteiger partial charge in [-0.05, 0) is 66.7 Å². The van der Waals surface area contributed by atoms with E-state index in [2.05, 4.69) is 32.7 Å². The predicted molar refractivity (Wildman–Crippen MR) is 115 cm³/mol. The number of aromatic amines is 1. The van der Waals surface area contributed by atoms with Crippen LogP contribution in [0.1, 0.15) is 42.3 Å². The standard InChI is InChI=1S/C23H23FN6/c1-30-18-8-15(24)12(7-13(18)23(25)29-30)22-20-11-3-2-10(6-11)19(20)21-14-9-26-28-16(14)4-5-17(21)27-22/h4-5,7-11,19-20,22,27H,2-3,6H2,1H3,(H2,25,29)(H,26,28). The molecule has 2 aliphatic carbocycles. The largest absolute Gasteiger partial charge is 0.382 e. The number of nitrogens with zero attached hydrogens (tertiary/aromatic N) is 3. The SMILES string of the molecule is Cn1nc(N)c2cc(C3Nc4ccc5[nH]ncc5c4C4C5CCC(C5)C34)c(F)cc21. The average Bonchev–Trinajstić information content (AvgIpc) is 3.51. The van der Waals surface area contributed by atoms with Crippen LogP contribution < -0.4 is 11.1 Å². The molecule has 7 heteroatoms. The minimum atomic E-state index is -0.183. The molecule has 4 aromatic rings. The van der Waals surface area contributed by atoms with Crippen molar-refractivity contribution in [3.05, 3.63) is 47.4 Å². The Morgan fingerprint density at radius 3 is 2.93 bits per heavy atom. The lowest BCUT2D eigenvalue weighted by Gasteiger charge is -2.43. The van der Waals surface area contributed by atoms with Gasteiger partial charge >= 0.3 is 0 Å². The van der Waals surface area contributed by atoms with E-state index in [1.54, 1.807) is 17.8 Å². The molecule has 2 bridgehead atoms. The van der Waals surface area contributed by atoms with Crippen LogP contribution in [-0.4, -0.2) is 20.0 Å². The molecule has 0 amide bonds. The van der Waals surface area contributed by atoms with Crippen molar-refractivity contribution >= 4 is 33.3 Å². The molecule has 2 saturated carbocycles. The van der Waals surface area contributed by atoms with Crippen molar-refractivity contribution in [3.63, 3.8) is 0 Å². The Morgan fingerprint density at radius 1 is 1.17 bits per heavy atom. The molecule has 2 fully saturated rings. The maximum absolute atomic E-state index is 15.4. The molecule has 3 heterocycles. The molecule has 0 spiro atoms. The third-order valence-electron chi connectivity index (χ3n) is 8.01. The zero-order chi connectivity index (χ0) is 20.1. The number of nitrogen functional groups attached to an aromatic ring is 1. The lowest BCUT2D eigenvalue weighted by Crippen LogP contribution is -2.36. The summed E-state index contributed by atoms with van der Waals surface area (Å²) >= 11 is 0. The van der Waals surface area contributed by atoms with Gasteiger partial charge in [-0.15, -0.1) is 0 Å². The molecule has 152 valence electrons. The van der Waals surface area contributed by atoms with Crippen LogP contribution in [0.3, 0.4) is 0 Å². The molecule has 3 aliphatic rings. The van der Waals surface area contributed by atoms with E-state index in [0.717, 1.165) is 22.1 Å². The fourth-order valence-electron chi connectivity index (χ4n) is 6.88. The van der Waals surface area contributed by atoms with Crippen molar-refractivity contribution in [2.75, 3.05) is 11.1 Å². The lowest BCUT2D eigenvalue weighted by molar-refractivity contribution is 0.246. The highest BCUT2D eigenvalue weighted by Gasteiger charge is 2.54. The zero-order valence-corrected chi connectivity index (χ0v) is 16.7. The third-order valence-corrected chi connectivity index (χ3v) is 8.01. The molecule has 5 unspecified atom stereocenters. The highest BCUT2D eigenvalue weighted by molar-refractivity contribution is 5.91. The quantitative estimate of drug-likeness (QED) is 0.439. The van der Waals surface area contributed by atoms with E-state index < -0.39 is 0 Å². The van der Waals surface area contributed by atoms with E-state index in [4.69, 9.17) is 5.73 Å². The van der Waals surface area contributed by atoms with Gasteiger partial charge in [0.25, 0.3) is 0 Å². The second kappa shape index (κ2) is 5.53. The molecule has 5 atom stereocenters. The summed E-state index contributed by atoms with van der Waals surface area (Å²) in [6, 6.07) is 7.64. The zero-order valence-electron chi connectivity index (χ0n) is 16.7. The number of rotatable bonds is 1. The van der Waals surface area contributed by atoms with Crippen LogP contribution in [-0.2, 0) is 7.05 Å². The van der Waals surface area contributed by atoms with Crippen molar-refractivity contribution in [1.82, 2.24) is 20.0 Å². The van der Waals surface area contributed by atoms with Crippen LogP contribution in [0.2, 0.25) is 0 Å². The summed E-state index contributed by atoms with van der Waals surface area (Å²) < 4.78 is 17.1. The molecule has 7 rings (SSSR count). The van der Waals surface area contributed by atoms with E-state index in [1.807, 2.05) is 12.3 Å². The van der Waals surface area contributed by atoms with Gasteiger partial charge in [-0.25, -0.2) is 4.39 Å². The van der Waals surface area contributed by atoms with Gasteiger partial charge in [-0.3, -0.25) is 9.78 Å². The minimum absolute atomic E-state index is 0.0637. The van der Waals surface area contributed by atoms with Crippen molar-refractivity contribution in [3.8, 4) is 0 Å². The van der Waals surface area contributed by atoms with Crippen LogP contribution in [0.4, 0.5) is 15.9 Å². The van der Waals surface area contributed by atoms with Gasteiger partial charge in [0.05, 0.1) is 23.3 Å². The summed E-state index contributed by atoms with van der Waals surface area (Å²) in [5, 5.41) is 17.4. The van der Waals surface area contributed by atoms with Crippen LogP contribution in [0, 0.1) is 23.6 Å². The van der Waals surface area contributed by atoms with Gasteiger partial charge in [-0.2, -0.15) is 10.2 Å². The van der Waals surface area contributed by atoms with Gasteiger partial charge in [0.1, 0.15) is 5.82 Å². The molecule has 30 heavy (non-hydrogen) atoms. The van der Waals surface area contributed by atoms with Crippen LogP contribution in [0.5, 0.6) is 0 Å².